The van der Waals surface area contributed by atoms with Crippen LogP contribution in [-0.4, -0.2) is 26.8 Å². The van der Waals surface area contributed by atoms with Gasteiger partial charge in [-0.15, -0.1) is 0 Å². The van der Waals surface area contributed by atoms with Crippen molar-refractivity contribution in [2.75, 3.05) is 0 Å². The van der Waals surface area contributed by atoms with Gasteiger partial charge in [0, 0.05) is 0 Å². The fourth-order valence-corrected chi connectivity index (χ4v) is 0.589. The van der Waals surface area contributed by atoms with Gasteiger partial charge >= 0.3 is 30.5 Å². The molecule has 0 aliphatic rings. The van der Waals surface area contributed by atoms with Crippen molar-refractivity contribution >= 4 is 20.6 Å². The normalized spacial score (nSPS) is 9.77. The van der Waals surface area contributed by atoms with Gasteiger partial charge in [0.15, 0.2) is 0 Å². The van der Waals surface area contributed by atoms with E-state index in [2.05, 4.69) is 6.58 Å². The Morgan fingerprint density at radius 1 is 1.15 bits per heavy atom. The van der Waals surface area contributed by atoms with Gasteiger partial charge in [0.05, 0.1) is 0 Å². The van der Waals surface area contributed by atoms with Crippen LogP contribution in [0.15, 0.2) is 36.9 Å². The van der Waals surface area contributed by atoms with Gasteiger partial charge in [-0.3, -0.25) is 0 Å². The molecule has 0 spiro atoms. The summed E-state index contributed by atoms with van der Waals surface area (Å²) in [5.41, 5.74) is 1.17. The van der Waals surface area contributed by atoms with Gasteiger partial charge in [-0.1, -0.05) is 43.0 Å². The number of rotatable bonds is 1. The Kier molecular flexibility index (Phi) is 5.42. The molecular weight excluding hydrogens is 235 g/mol. The summed E-state index contributed by atoms with van der Waals surface area (Å²) in [5, 5.41) is 0. The first-order valence-electron chi connectivity index (χ1n) is 3.39. The molecule has 0 aliphatic carbocycles. The molecule has 0 aliphatic heterocycles. The van der Waals surface area contributed by atoms with Crippen LogP contribution in [0.1, 0.15) is 5.56 Å². The summed E-state index contributed by atoms with van der Waals surface area (Å²) in [6.45, 7) is 3.63. The second kappa shape index (κ2) is 5.78. The predicted molar refractivity (Wildman–Crippen MR) is 49.6 cm³/mol. The van der Waals surface area contributed by atoms with Crippen LogP contribution in [0.2, 0.25) is 0 Å². The van der Waals surface area contributed by atoms with Crippen LogP contribution < -0.4 is 0 Å². The molecular formula is C8H11AsO4. The maximum absolute atomic E-state index is 8.94. The van der Waals surface area contributed by atoms with Crippen molar-refractivity contribution in [2.24, 2.45) is 0 Å². The fourth-order valence-electron chi connectivity index (χ4n) is 0.589. The molecule has 0 saturated heterocycles. The van der Waals surface area contributed by atoms with Gasteiger partial charge in [-0.2, -0.15) is 0 Å². The molecule has 1 rings (SSSR count). The molecule has 1 aromatic rings. The molecule has 0 unspecified atom stereocenters. The molecule has 0 heterocycles. The first-order chi connectivity index (χ1) is 5.93. The zero-order chi connectivity index (χ0) is 10.3. The van der Waals surface area contributed by atoms with Crippen LogP contribution in [-0.2, 0) is 3.74 Å². The van der Waals surface area contributed by atoms with E-state index < -0.39 is 14.5 Å². The molecule has 0 fully saturated rings. The Morgan fingerprint density at radius 2 is 1.54 bits per heavy atom. The van der Waals surface area contributed by atoms with E-state index in [1.54, 1.807) is 0 Å². The fraction of sp³-hybridized carbons (Fsp3) is 0. The van der Waals surface area contributed by atoms with E-state index in [1.807, 2.05) is 36.4 Å². The number of benzene rings is 1. The monoisotopic (exact) mass is 246 g/mol. The average Bonchev–Trinajstić information content (AvgIpc) is 2.03. The first kappa shape index (κ1) is 12.2. The minimum absolute atomic E-state index is 1.17. The quantitative estimate of drug-likeness (QED) is 0.617. The van der Waals surface area contributed by atoms with Crippen LogP contribution >= 0.6 is 0 Å². The standard InChI is InChI=1S/C8H8.AsH3O4/c1-2-8-6-4-3-5-7-8;2-1(3,4)5/h2-7H,1H2;(H3,2,3,4,5). The van der Waals surface area contributed by atoms with Crippen molar-refractivity contribution in [3.05, 3.63) is 42.5 Å². The van der Waals surface area contributed by atoms with Crippen LogP contribution in [0, 0.1) is 0 Å². The van der Waals surface area contributed by atoms with E-state index in [0.29, 0.717) is 0 Å². The van der Waals surface area contributed by atoms with Crippen molar-refractivity contribution in [1.29, 1.82) is 0 Å². The molecule has 0 aromatic heterocycles. The Balaban J connectivity index is 0.000000252. The molecule has 0 atom stereocenters. The van der Waals surface area contributed by atoms with Crippen LogP contribution in [0.25, 0.3) is 6.08 Å². The van der Waals surface area contributed by atoms with Crippen molar-refractivity contribution in [3.8, 4) is 0 Å². The van der Waals surface area contributed by atoms with Gasteiger partial charge in [0.25, 0.3) is 0 Å². The molecule has 0 radical (unpaired) electrons. The van der Waals surface area contributed by atoms with Gasteiger partial charge < -0.3 is 0 Å². The average molecular weight is 246 g/mol. The van der Waals surface area contributed by atoms with Crippen LogP contribution in [0.4, 0.5) is 0 Å². The van der Waals surface area contributed by atoms with E-state index in [-0.39, 0.29) is 0 Å². The summed E-state index contributed by atoms with van der Waals surface area (Å²) < 4.78 is 30.7. The minimum atomic E-state index is -5.12. The SMILES string of the molecule is C=Cc1ccccc1.O=[As](O)(O)O. The third-order valence-corrected chi connectivity index (χ3v) is 1.04. The van der Waals surface area contributed by atoms with E-state index in [9.17, 15) is 0 Å². The van der Waals surface area contributed by atoms with Crippen LogP contribution in [0.3, 0.4) is 0 Å². The summed E-state index contributed by atoms with van der Waals surface area (Å²) in [7, 11) is 0. The predicted octanol–water partition coefficient (Wildman–Crippen LogP) is 0.159. The Hall–Kier alpha value is -0.802. The van der Waals surface area contributed by atoms with E-state index in [4.69, 9.17) is 16.0 Å². The Bertz CT molecular complexity index is 282. The second-order valence-corrected chi connectivity index (χ2v) is 4.28. The zero-order valence-electron chi connectivity index (χ0n) is 6.87. The van der Waals surface area contributed by atoms with Gasteiger partial charge in [-0.05, 0) is 5.56 Å². The van der Waals surface area contributed by atoms with Gasteiger partial charge in [0.1, 0.15) is 0 Å². The summed E-state index contributed by atoms with van der Waals surface area (Å²) in [6.07, 6.45) is 1.83. The van der Waals surface area contributed by atoms with Gasteiger partial charge in [0.2, 0.25) is 0 Å². The second-order valence-electron chi connectivity index (χ2n) is 2.13. The summed E-state index contributed by atoms with van der Waals surface area (Å²) in [5.74, 6) is 0. The third kappa shape index (κ3) is 11.2. The van der Waals surface area contributed by atoms with E-state index >= 15 is 0 Å². The number of hydrogen-bond donors (Lipinski definition) is 3. The molecule has 5 heteroatoms. The summed E-state index contributed by atoms with van der Waals surface area (Å²) in [6, 6.07) is 10.0. The molecule has 1 aromatic carbocycles. The zero-order valence-corrected chi connectivity index (χ0v) is 8.74. The van der Waals surface area contributed by atoms with Crippen LogP contribution in [0.5, 0.6) is 0 Å². The molecule has 0 amide bonds. The molecule has 0 saturated carbocycles. The topological polar surface area (TPSA) is 77.8 Å². The van der Waals surface area contributed by atoms with Crippen molar-refractivity contribution < 1.29 is 16.0 Å². The Morgan fingerprint density at radius 3 is 1.77 bits per heavy atom. The van der Waals surface area contributed by atoms with Crippen molar-refractivity contribution in [1.82, 2.24) is 0 Å². The third-order valence-electron chi connectivity index (χ3n) is 1.04. The molecule has 4 nitrogen and oxygen atoms in total. The number of hydrogen-bond acceptors (Lipinski definition) is 1. The first-order valence-corrected chi connectivity index (χ1v) is 6.67. The van der Waals surface area contributed by atoms with Crippen molar-refractivity contribution in [2.45, 2.75) is 0 Å². The Labute approximate surface area is 79.5 Å². The molecule has 3 N–H and O–H groups in total. The summed E-state index contributed by atoms with van der Waals surface area (Å²) in [4.78, 5) is 0. The summed E-state index contributed by atoms with van der Waals surface area (Å²) >= 11 is -5.12. The van der Waals surface area contributed by atoms with E-state index in [0.717, 1.165) is 0 Å². The molecule has 13 heavy (non-hydrogen) atoms. The van der Waals surface area contributed by atoms with E-state index in [1.165, 1.54) is 5.56 Å². The maximum atomic E-state index is 8.94. The van der Waals surface area contributed by atoms with Gasteiger partial charge in [-0.25, -0.2) is 0 Å². The van der Waals surface area contributed by atoms with Crippen molar-refractivity contribution in [3.63, 3.8) is 0 Å². The molecule has 72 valence electrons. The molecule has 0 bridgehead atoms.